The SMILES string of the molecule is CC#CC[C@@H](N)[C@H](O)C(=O)N[C@@H](CO)C(=O)N[C@@H](CC(C)C)C(=O)OC. The second-order valence-electron chi connectivity index (χ2n) is 6.20. The Hall–Kier alpha value is -2.15. The topological polar surface area (TPSA) is 151 Å². The Balaban J connectivity index is 4.92. The monoisotopic (exact) mass is 371 g/mol. The summed E-state index contributed by atoms with van der Waals surface area (Å²) in [5.41, 5.74) is 5.65. The normalized spacial score (nSPS) is 15.1. The molecule has 4 atom stereocenters. The van der Waals surface area contributed by atoms with Gasteiger partial charge in [0.05, 0.1) is 19.8 Å². The van der Waals surface area contributed by atoms with Crippen LogP contribution >= 0.6 is 0 Å². The molecule has 0 aromatic rings. The van der Waals surface area contributed by atoms with E-state index in [1.54, 1.807) is 6.92 Å². The van der Waals surface area contributed by atoms with Crippen LogP contribution in [0, 0.1) is 17.8 Å². The first-order chi connectivity index (χ1) is 12.2. The summed E-state index contributed by atoms with van der Waals surface area (Å²) in [7, 11) is 1.20. The summed E-state index contributed by atoms with van der Waals surface area (Å²) in [6, 6.07) is -3.19. The Bertz CT molecular complexity index is 540. The lowest BCUT2D eigenvalue weighted by Crippen LogP contribution is -2.57. The maximum Gasteiger partial charge on any atom is 0.328 e. The first-order valence-corrected chi connectivity index (χ1v) is 8.30. The zero-order valence-electron chi connectivity index (χ0n) is 15.6. The summed E-state index contributed by atoms with van der Waals surface area (Å²) < 4.78 is 4.64. The maximum atomic E-state index is 12.3. The lowest BCUT2D eigenvalue weighted by molar-refractivity contribution is -0.146. The molecule has 0 fully saturated rings. The molecule has 0 unspecified atom stereocenters. The van der Waals surface area contributed by atoms with Crippen LogP contribution in [0.5, 0.6) is 0 Å². The molecular weight excluding hydrogens is 342 g/mol. The van der Waals surface area contributed by atoms with Crippen molar-refractivity contribution < 1.29 is 29.3 Å². The number of carbonyl (C=O) groups excluding carboxylic acids is 3. The lowest BCUT2D eigenvalue weighted by atomic mass is 10.0. The van der Waals surface area contributed by atoms with Crippen molar-refractivity contribution in [2.75, 3.05) is 13.7 Å². The quantitative estimate of drug-likeness (QED) is 0.226. The second-order valence-corrected chi connectivity index (χ2v) is 6.20. The molecule has 0 aliphatic carbocycles. The minimum atomic E-state index is -1.59. The number of hydrogen-bond acceptors (Lipinski definition) is 7. The largest absolute Gasteiger partial charge is 0.467 e. The third kappa shape index (κ3) is 8.29. The third-order valence-corrected chi connectivity index (χ3v) is 3.51. The van der Waals surface area contributed by atoms with Crippen LogP contribution in [0.4, 0.5) is 0 Å². The fourth-order valence-electron chi connectivity index (χ4n) is 2.08. The Morgan fingerprint density at radius 1 is 1.15 bits per heavy atom. The van der Waals surface area contributed by atoms with Crippen LogP contribution in [-0.4, -0.2) is 65.9 Å². The Labute approximate surface area is 153 Å². The highest BCUT2D eigenvalue weighted by Crippen LogP contribution is 2.07. The fourth-order valence-corrected chi connectivity index (χ4v) is 2.08. The van der Waals surface area contributed by atoms with Crippen LogP contribution in [0.1, 0.15) is 33.6 Å². The molecule has 0 heterocycles. The fraction of sp³-hybridized carbons (Fsp3) is 0.706. The average Bonchev–Trinajstić information content (AvgIpc) is 2.61. The van der Waals surface area contributed by atoms with Gasteiger partial charge in [-0.3, -0.25) is 9.59 Å². The highest BCUT2D eigenvalue weighted by Gasteiger charge is 2.30. The molecule has 0 saturated carbocycles. The van der Waals surface area contributed by atoms with Crippen LogP contribution in [0.25, 0.3) is 0 Å². The Kier molecular flexibility index (Phi) is 11.2. The average molecular weight is 371 g/mol. The van der Waals surface area contributed by atoms with E-state index in [0.29, 0.717) is 6.42 Å². The van der Waals surface area contributed by atoms with E-state index in [1.807, 2.05) is 13.8 Å². The zero-order valence-corrected chi connectivity index (χ0v) is 15.6. The lowest BCUT2D eigenvalue weighted by Gasteiger charge is -2.23. The number of methoxy groups -OCH3 is 1. The number of nitrogens with one attached hydrogen (secondary N) is 2. The molecule has 6 N–H and O–H groups in total. The first-order valence-electron chi connectivity index (χ1n) is 8.30. The molecule has 0 aliphatic rings. The number of ether oxygens (including phenoxy) is 1. The van der Waals surface area contributed by atoms with Crippen LogP contribution in [0.15, 0.2) is 0 Å². The Morgan fingerprint density at radius 3 is 2.19 bits per heavy atom. The standard InChI is InChI=1S/C17H29N3O6/c1-5-6-7-11(18)14(22)16(24)20-13(9-21)15(23)19-12(8-10(2)3)17(25)26-4/h10-14,21-22H,7-9,18H2,1-4H3,(H,19,23)(H,20,24)/t11-,12+,13+,14+/m1/s1. The number of amides is 2. The molecular formula is C17H29N3O6. The molecule has 0 aromatic carbocycles. The molecule has 0 bridgehead atoms. The number of nitrogens with two attached hydrogens (primary N) is 1. The van der Waals surface area contributed by atoms with Gasteiger partial charge < -0.3 is 31.3 Å². The molecule has 148 valence electrons. The van der Waals surface area contributed by atoms with E-state index in [0.717, 1.165) is 0 Å². The van der Waals surface area contributed by atoms with Crippen molar-refractivity contribution >= 4 is 17.8 Å². The van der Waals surface area contributed by atoms with E-state index in [2.05, 4.69) is 27.2 Å². The summed E-state index contributed by atoms with van der Waals surface area (Å²) in [6.07, 6.45) is -1.17. The van der Waals surface area contributed by atoms with Crippen LogP contribution < -0.4 is 16.4 Å². The number of rotatable bonds is 10. The van der Waals surface area contributed by atoms with Gasteiger partial charge in [0.1, 0.15) is 18.2 Å². The molecule has 26 heavy (non-hydrogen) atoms. The molecule has 2 amide bonds. The van der Waals surface area contributed by atoms with E-state index < -0.39 is 48.6 Å². The number of esters is 1. The molecule has 0 spiro atoms. The number of aliphatic hydroxyl groups excluding tert-OH is 2. The minimum Gasteiger partial charge on any atom is -0.467 e. The number of aliphatic hydroxyl groups is 2. The molecule has 9 heteroatoms. The second kappa shape index (κ2) is 12.2. The molecule has 0 aliphatic heterocycles. The van der Waals surface area contributed by atoms with Crippen molar-refractivity contribution in [1.29, 1.82) is 0 Å². The summed E-state index contributed by atoms with van der Waals surface area (Å²) in [6.45, 7) is 4.61. The Morgan fingerprint density at radius 2 is 1.73 bits per heavy atom. The van der Waals surface area contributed by atoms with E-state index in [4.69, 9.17) is 5.73 Å². The van der Waals surface area contributed by atoms with E-state index in [9.17, 15) is 24.6 Å². The van der Waals surface area contributed by atoms with E-state index >= 15 is 0 Å². The third-order valence-electron chi connectivity index (χ3n) is 3.51. The van der Waals surface area contributed by atoms with Gasteiger partial charge in [-0.15, -0.1) is 11.8 Å². The van der Waals surface area contributed by atoms with Crippen molar-refractivity contribution in [2.45, 2.75) is 57.8 Å². The predicted octanol–water partition coefficient (Wildman–Crippen LogP) is -1.73. The highest BCUT2D eigenvalue weighted by atomic mass is 16.5. The highest BCUT2D eigenvalue weighted by molar-refractivity contribution is 5.92. The smallest absolute Gasteiger partial charge is 0.328 e. The van der Waals surface area contributed by atoms with Gasteiger partial charge in [0.15, 0.2) is 0 Å². The van der Waals surface area contributed by atoms with Crippen LogP contribution in [0.3, 0.4) is 0 Å². The van der Waals surface area contributed by atoms with Crippen LogP contribution in [-0.2, 0) is 19.1 Å². The van der Waals surface area contributed by atoms with Crippen LogP contribution in [0.2, 0.25) is 0 Å². The molecule has 9 nitrogen and oxygen atoms in total. The maximum absolute atomic E-state index is 12.3. The molecule has 0 aromatic heterocycles. The zero-order chi connectivity index (χ0) is 20.3. The minimum absolute atomic E-state index is 0.0971. The molecule has 0 radical (unpaired) electrons. The predicted molar refractivity (Wildman–Crippen MR) is 94.5 cm³/mol. The van der Waals surface area contributed by atoms with Gasteiger partial charge in [-0.25, -0.2) is 4.79 Å². The van der Waals surface area contributed by atoms with Crippen molar-refractivity contribution in [3.05, 3.63) is 0 Å². The van der Waals surface area contributed by atoms with Crippen molar-refractivity contribution in [3.8, 4) is 11.8 Å². The van der Waals surface area contributed by atoms with Crippen molar-refractivity contribution in [3.63, 3.8) is 0 Å². The molecule has 0 saturated heterocycles. The van der Waals surface area contributed by atoms with Crippen molar-refractivity contribution in [1.82, 2.24) is 10.6 Å². The summed E-state index contributed by atoms with van der Waals surface area (Å²) >= 11 is 0. The van der Waals surface area contributed by atoms with Gasteiger partial charge in [-0.2, -0.15) is 0 Å². The van der Waals surface area contributed by atoms with Gasteiger partial charge in [0.25, 0.3) is 5.91 Å². The van der Waals surface area contributed by atoms with E-state index in [1.165, 1.54) is 7.11 Å². The van der Waals surface area contributed by atoms with Gasteiger partial charge in [-0.05, 0) is 19.3 Å². The number of hydrogen-bond donors (Lipinski definition) is 5. The molecule has 0 rings (SSSR count). The summed E-state index contributed by atoms with van der Waals surface area (Å²) in [5.74, 6) is 3.02. The van der Waals surface area contributed by atoms with E-state index in [-0.39, 0.29) is 12.3 Å². The van der Waals surface area contributed by atoms with Crippen molar-refractivity contribution in [2.24, 2.45) is 11.7 Å². The van der Waals surface area contributed by atoms with Gasteiger partial charge in [0.2, 0.25) is 5.91 Å². The van der Waals surface area contributed by atoms with Gasteiger partial charge in [0, 0.05) is 6.42 Å². The van der Waals surface area contributed by atoms with Gasteiger partial charge >= 0.3 is 5.97 Å². The summed E-state index contributed by atoms with van der Waals surface area (Å²) in [5, 5.41) is 23.9. The first kappa shape index (κ1) is 23.9. The van der Waals surface area contributed by atoms with Gasteiger partial charge in [-0.1, -0.05) is 13.8 Å². The number of carbonyl (C=O) groups is 3. The summed E-state index contributed by atoms with van der Waals surface area (Å²) in [4.78, 5) is 36.0.